The van der Waals surface area contributed by atoms with E-state index in [0.29, 0.717) is 22.9 Å². The molecule has 0 radical (unpaired) electrons. The van der Waals surface area contributed by atoms with E-state index in [4.69, 9.17) is 9.47 Å². The predicted octanol–water partition coefficient (Wildman–Crippen LogP) is 2.37. The summed E-state index contributed by atoms with van der Waals surface area (Å²) in [5, 5.41) is 26.7. The first kappa shape index (κ1) is 22.9. The Morgan fingerprint density at radius 3 is 2.91 bits per heavy atom. The first-order valence-corrected chi connectivity index (χ1v) is 12.2. The largest absolute Gasteiger partial charge is 0.463 e. The van der Waals surface area contributed by atoms with Gasteiger partial charge in [0, 0.05) is 23.3 Å². The number of carbonyl (C=O) groups excluding carboxylic acids is 1. The van der Waals surface area contributed by atoms with Crippen LogP contribution in [0.15, 0.2) is 42.3 Å². The molecule has 3 aromatic rings. The normalized spacial score (nSPS) is 28.9. The number of anilines is 1. The minimum absolute atomic E-state index is 0.144. The van der Waals surface area contributed by atoms with Gasteiger partial charge in [-0.15, -0.1) is 11.3 Å². The Kier molecular flexibility index (Phi) is 6.59. The second kappa shape index (κ2) is 9.79. The van der Waals surface area contributed by atoms with Crippen LogP contribution < -0.4 is 5.32 Å². The Morgan fingerprint density at radius 1 is 1.26 bits per heavy atom. The summed E-state index contributed by atoms with van der Waals surface area (Å²) in [6.07, 6.45) is 5.15. The van der Waals surface area contributed by atoms with Gasteiger partial charge in [0.05, 0.1) is 6.33 Å². The van der Waals surface area contributed by atoms with Crippen LogP contribution in [-0.2, 0) is 14.3 Å². The fourth-order valence-electron chi connectivity index (χ4n) is 4.48. The van der Waals surface area contributed by atoms with Crippen molar-refractivity contribution in [2.45, 2.75) is 62.7 Å². The van der Waals surface area contributed by atoms with E-state index < -0.39 is 30.5 Å². The topological polar surface area (TPSA) is 132 Å². The van der Waals surface area contributed by atoms with Crippen LogP contribution in [0.2, 0.25) is 0 Å². The van der Waals surface area contributed by atoms with Crippen LogP contribution in [-0.4, -0.2) is 66.7 Å². The lowest BCUT2D eigenvalue weighted by molar-refractivity contribution is -0.149. The second-order valence-electron chi connectivity index (χ2n) is 8.44. The van der Waals surface area contributed by atoms with Crippen molar-refractivity contribution >= 4 is 34.3 Å². The number of aromatic nitrogens is 4. The molecule has 6 atom stereocenters. The van der Waals surface area contributed by atoms with Gasteiger partial charge >= 0.3 is 5.97 Å². The molecule has 11 heteroatoms. The van der Waals surface area contributed by atoms with Crippen molar-refractivity contribution in [3.8, 4) is 0 Å². The number of rotatable bonds is 7. The van der Waals surface area contributed by atoms with E-state index in [9.17, 15) is 15.0 Å². The van der Waals surface area contributed by atoms with Gasteiger partial charge in [0.2, 0.25) is 0 Å². The highest BCUT2D eigenvalue weighted by atomic mass is 32.1. The first-order chi connectivity index (χ1) is 16.6. The first-order valence-electron chi connectivity index (χ1n) is 11.4. The Balaban J connectivity index is 1.37. The molecule has 180 valence electrons. The number of thiophene rings is 1. The molecule has 1 fully saturated rings. The van der Waals surface area contributed by atoms with Crippen molar-refractivity contribution in [1.82, 2.24) is 19.5 Å². The maximum absolute atomic E-state index is 11.5. The lowest BCUT2D eigenvalue weighted by Crippen LogP contribution is -2.34. The number of esters is 1. The Bertz CT molecular complexity index is 1170. The van der Waals surface area contributed by atoms with Crippen LogP contribution in [0.25, 0.3) is 11.2 Å². The van der Waals surface area contributed by atoms with Crippen molar-refractivity contribution < 1.29 is 24.5 Å². The molecule has 0 spiro atoms. The second-order valence-corrected chi connectivity index (χ2v) is 9.42. The standard InChI is InChI=1S/C23H27N5O5S/c1-2-17(29)32-10-15-19(30)20(31)23(33-15)28-12-26-18-21(24-11-25-22(18)28)27-14-7-4-3-6-13(14)16-8-5-9-34-16/h3-5,8-9,11-15,19-20,23,30-31H,2,6-7,10H2,1H3,(H,24,25,27)/t13-,14-,15-,19-,20-,23-/m1/s1. The molecule has 4 heterocycles. The van der Waals surface area contributed by atoms with Gasteiger partial charge in [0.15, 0.2) is 23.2 Å². The number of nitrogens with zero attached hydrogens (tertiary/aromatic N) is 4. The molecule has 34 heavy (non-hydrogen) atoms. The Morgan fingerprint density at radius 2 is 2.12 bits per heavy atom. The van der Waals surface area contributed by atoms with Crippen LogP contribution in [0.1, 0.15) is 43.2 Å². The Hall–Kier alpha value is -2.86. The number of ether oxygens (including phenoxy) is 2. The summed E-state index contributed by atoms with van der Waals surface area (Å²) in [5.74, 6) is 0.537. The zero-order valence-corrected chi connectivity index (χ0v) is 19.5. The van der Waals surface area contributed by atoms with Crippen LogP contribution in [0, 0.1) is 0 Å². The molecule has 10 nitrogen and oxygen atoms in total. The predicted molar refractivity (Wildman–Crippen MR) is 125 cm³/mol. The van der Waals surface area contributed by atoms with E-state index in [1.54, 1.807) is 22.8 Å². The smallest absolute Gasteiger partial charge is 0.305 e. The van der Waals surface area contributed by atoms with Crippen LogP contribution >= 0.6 is 11.3 Å². The van der Waals surface area contributed by atoms with Gasteiger partial charge in [-0.05, 0) is 24.3 Å². The summed E-state index contributed by atoms with van der Waals surface area (Å²) in [4.78, 5) is 26.1. The number of nitrogens with one attached hydrogen (secondary N) is 1. The molecule has 0 unspecified atom stereocenters. The molecular weight excluding hydrogens is 458 g/mol. The van der Waals surface area contributed by atoms with E-state index >= 15 is 0 Å². The minimum Gasteiger partial charge on any atom is -0.463 e. The molecule has 1 aliphatic heterocycles. The van der Waals surface area contributed by atoms with Crippen LogP contribution in [0.4, 0.5) is 5.82 Å². The van der Waals surface area contributed by atoms with Crippen molar-refractivity contribution in [2.75, 3.05) is 11.9 Å². The number of hydrogen-bond acceptors (Lipinski definition) is 10. The summed E-state index contributed by atoms with van der Waals surface area (Å²) in [5.41, 5.74) is 1.02. The van der Waals surface area contributed by atoms with Crippen molar-refractivity contribution in [2.24, 2.45) is 0 Å². The molecule has 2 aliphatic rings. The zero-order valence-electron chi connectivity index (χ0n) is 18.7. The number of carbonyl (C=O) groups is 1. The summed E-state index contributed by atoms with van der Waals surface area (Å²) in [6, 6.07) is 4.38. The van der Waals surface area contributed by atoms with E-state index in [1.807, 2.05) is 0 Å². The maximum Gasteiger partial charge on any atom is 0.305 e. The molecule has 3 aromatic heterocycles. The van der Waals surface area contributed by atoms with Gasteiger partial charge < -0.3 is 25.0 Å². The van der Waals surface area contributed by atoms with E-state index in [-0.39, 0.29) is 19.1 Å². The zero-order chi connectivity index (χ0) is 23.7. The fraction of sp³-hybridized carbons (Fsp3) is 0.478. The molecular formula is C23H27N5O5S. The van der Waals surface area contributed by atoms with Gasteiger partial charge in [0.25, 0.3) is 0 Å². The summed E-state index contributed by atoms with van der Waals surface area (Å²) < 4.78 is 12.5. The number of aliphatic hydroxyl groups is 2. The third-order valence-corrected chi connectivity index (χ3v) is 7.33. The molecule has 3 N–H and O–H groups in total. The fourth-order valence-corrected chi connectivity index (χ4v) is 5.39. The van der Waals surface area contributed by atoms with E-state index in [1.165, 1.54) is 17.5 Å². The number of allylic oxidation sites excluding steroid dienone is 1. The molecule has 1 saturated heterocycles. The summed E-state index contributed by atoms with van der Waals surface area (Å²) in [6.45, 7) is 1.54. The monoisotopic (exact) mass is 485 g/mol. The van der Waals surface area contributed by atoms with Gasteiger partial charge in [-0.1, -0.05) is 25.1 Å². The quantitative estimate of drug-likeness (QED) is 0.341. The van der Waals surface area contributed by atoms with E-state index in [0.717, 1.165) is 12.8 Å². The van der Waals surface area contributed by atoms with Crippen molar-refractivity contribution in [3.63, 3.8) is 0 Å². The van der Waals surface area contributed by atoms with E-state index in [2.05, 4.69) is 49.9 Å². The summed E-state index contributed by atoms with van der Waals surface area (Å²) >= 11 is 1.75. The third kappa shape index (κ3) is 4.31. The molecule has 0 bridgehead atoms. The maximum atomic E-state index is 11.5. The molecule has 0 saturated carbocycles. The van der Waals surface area contributed by atoms with Gasteiger partial charge in [-0.25, -0.2) is 15.0 Å². The van der Waals surface area contributed by atoms with Gasteiger partial charge in [0.1, 0.15) is 31.2 Å². The Labute approximate surface area is 200 Å². The SMILES string of the molecule is CCC(=O)OC[C@H]1O[C@@H](n2cnc3c(N[C@@H]4CC=CC[C@H]4c4cccs4)ncnc32)[C@H](O)[C@@H]1O. The lowest BCUT2D eigenvalue weighted by atomic mass is 9.88. The van der Waals surface area contributed by atoms with Crippen LogP contribution in [0.3, 0.4) is 0 Å². The van der Waals surface area contributed by atoms with Gasteiger partial charge in [-0.2, -0.15) is 0 Å². The highest BCUT2D eigenvalue weighted by Gasteiger charge is 2.45. The molecule has 5 rings (SSSR count). The lowest BCUT2D eigenvalue weighted by Gasteiger charge is -2.29. The van der Waals surface area contributed by atoms with Crippen LogP contribution in [0.5, 0.6) is 0 Å². The number of imidazole rings is 1. The third-order valence-electron chi connectivity index (χ3n) is 6.33. The number of aliphatic hydroxyl groups excluding tert-OH is 2. The van der Waals surface area contributed by atoms with Crippen molar-refractivity contribution in [1.29, 1.82) is 0 Å². The molecule has 0 aromatic carbocycles. The highest BCUT2D eigenvalue weighted by molar-refractivity contribution is 7.10. The number of hydrogen-bond donors (Lipinski definition) is 3. The van der Waals surface area contributed by atoms with Gasteiger partial charge in [-0.3, -0.25) is 9.36 Å². The highest BCUT2D eigenvalue weighted by Crippen LogP contribution is 2.36. The van der Waals surface area contributed by atoms with Crippen molar-refractivity contribution in [3.05, 3.63) is 47.2 Å². The average molecular weight is 486 g/mol. The minimum atomic E-state index is -1.24. The molecule has 1 aliphatic carbocycles. The average Bonchev–Trinajstić information content (AvgIpc) is 3.59. The molecule has 0 amide bonds. The summed E-state index contributed by atoms with van der Waals surface area (Å²) in [7, 11) is 0. The number of fused-ring (bicyclic) bond motifs is 1.